The molecule has 0 bridgehead atoms. The molecule has 1 heterocycles. The van der Waals surface area contributed by atoms with Crippen molar-refractivity contribution in [3.8, 4) is 5.75 Å². The molecule has 1 aromatic carbocycles. The maximum Gasteiger partial charge on any atom is 0.251 e. The van der Waals surface area contributed by atoms with Crippen molar-refractivity contribution < 1.29 is 9.90 Å². The standard InChI is InChI=1S/C14H14N2O2/c17-13-3-1-2-11(10-13)4-9-16-14(18)12-5-7-15-8-6-12/h1-3,5-8,10,17H,4,9H2,(H,16,18). The number of phenolic OH excluding ortho intramolecular Hbond substituents is 1. The molecule has 0 aliphatic heterocycles. The summed E-state index contributed by atoms with van der Waals surface area (Å²) in [6, 6.07) is 10.4. The van der Waals surface area contributed by atoms with Gasteiger partial charge in [0.1, 0.15) is 5.75 Å². The van der Waals surface area contributed by atoms with Crippen molar-refractivity contribution in [2.75, 3.05) is 6.54 Å². The Bertz CT molecular complexity index is 526. The van der Waals surface area contributed by atoms with Gasteiger partial charge in [-0.3, -0.25) is 9.78 Å². The van der Waals surface area contributed by atoms with E-state index in [9.17, 15) is 9.90 Å². The van der Waals surface area contributed by atoms with Gasteiger partial charge >= 0.3 is 0 Å². The normalized spacial score (nSPS) is 10.0. The van der Waals surface area contributed by atoms with Gasteiger partial charge in [0.25, 0.3) is 5.91 Å². The van der Waals surface area contributed by atoms with Gasteiger partial charge < -0.3 is 10.4 Å². The lowest BCUT2D eigenvalue weighted by molar-refractivity contribution is 0.0954. The van der Waals surface area contributed by atoms with Crippen LogP contribution in [0.15, 0.2) is 48.8 Å². The van der Waals surface area contributed by atoms with E-state index in [4.69, 9.17) is 0 Å². The van der Waals surface area contributed by atoms with Gasteiger partial charge in [0.15, 0.2) is 0 Å². The molecule has 0 radical (unpaired) electrons. The van der Waals surface area contributed by atoms with Crippen LogP contribution in [0, 0.1) is 0 Å². The second kappa shape index (κ2) is 5.82. The minimum absolute atomic E-state index is 0.113. The second-order valence-corrected chi connectivity index (χ2v) is 3.91. The molecule has 92 valence electrons. The fourth-order valence-electron chi connectivity index (χ4n) is 1.64. The van der Waals surface area contributed by atoms with Crippen LogP contribution < -0.4 is 5.32 Å². The first kappa shape index (κ1) is 12.1. The van der Waals surface area contributed by atoms with Gasteiger partial charge in [-0.1, -0.05) is 12.1 Å². The minimum atomic E-state index is -0.113. The number of hydrogen-bond donors (Lipinski definition) is 2. The molecule has 2 rings (SSSR count). The predicted molar refractivity (Wildman–Crippen MR) is 68.4 cm³/mol. The number of carbonyl (C=O) groups is 1. The number of phenols is 1. The number of rotatable bonds is 4. The number of benzene rings is 1. The van der Waals surface area contributed by atoms with Crippen LogP contribution >= 0.6 is 0 Å². The molecule has 0 atom stereocenters. The van der Waals surface area contributed by atoms with E-state index in [0.29, 0.717) is 18.5 Å². The summed E-state index contributed by atoms with van der Waals surface area (Å²) < 4.78 is 0. The van der Waals surface area contributed by atoms with Crippen LogP contribution in [0.4, 0.5) is 0 Å². The molecule has 1 aromatic heterocycles. The average molecular weight is 242 g/mol. The minimum Gasteiger partial charge on any atom is -0.508 e. The Labute approximate surface area is 105 Å². The van der Waals surface area contributed by atoms with E-state index >= 15 is 0 Å². The van der Waals surface area contributed by atoms with Crippen molar-refractivity contribution in [1.82, 2.24) is 10.3 Å². The molecule has 18 heavy (non-hydrogen) atoms. The molecule has 4 heteroatoms. The zero-order chi connectivity index (χ0) is 12.8. The van der Waals surface area contributed by atoms with Crippen LogP contribution in [0.1, 0.15) is 15.9 Å². The average Bonchev–Trinajstić information content (AvgIpc) is 2.40. The van der Waals surface area contributed by atoms with Crippen molar-refractivity contribution in [2.24, 2.45) is 0 Å². The molecule has 0 unspecified atom stereocenters. The first-order chi connectivity index (χ1) is 8.75. The largest absolute Gasteiger partial charge is 0.508 e. The number of nitrogens with zero attached hydrogens (tertiary/aromatic N) is 1. The van der Waals surface area contributed by atoms with Crippen LogP contribution in [0.25, 0.3) is 0 Å². The number of hydrogen-bond acceptors (Lipinski definition) is 3. The topological polar surface area (TPSA) is 62.2 Å². The first-order valence-electron chi connectivity index (χ1n) is 5.72. The van der Waals surface area contributed by atoms with Crippen LogP contribution in [0.5, 0.6) is 5.75 Å². The summed E-state index contributed by atoms with van der Waals surface area (Å²) in [5.74, 6) is 0.130. The fourth-order valence-corrected chi connectivity index (χ4v) is 1.64. The van der Waals surface area contributed by atoms with Gasteiger partial charge in [0.2, 0.25) is 0 Å². The summed E-state index contributed by atoms with van der Waals surface area (Å²) in [5, 5.41) is 12.1. The zero-order valence-electron chi connectivity index (χ0n) is 9.84. The maximum atomic E-state index is 11.7. The molecular weight excluding hydrogens is 228 g/mol. The molecule has 0 spiro atoms. The van der Waals surface area contributed by atoms with Crippen LogP contribution in [0.2, 0.25) is 0 Å². The van der Waals surface area contributed by atoms with Gasteiger partial charge in [-0.2, -0.15) is 0 Å². The summed E-state index contributed by atoms with van der Waals surface area (Å²) in [6.07, 6.45) is 3.86. The third-order valence-corrected chi connectivity index (χ3v) is 2.55. The highest BCUT2D eigenvalue weighted by Gasteiger charge is 2.03. The molecule has 2 aromatic rings. The van der Waals surface area contributed by atoms with Crippen molar-refractivity contribution in [3.05, 3.63) is 59.9 Å². The number of amides is 1. The third kappa shape index (κ3) is 3.31. The van der Waals surface area contributed by atoms with Gasteiger partial charge in [-0.25, -0.2) is 0 Å². The summed E-state index contributed by atoms with van der Waals surface area (Å²) >= 11 is 0. The van der Waals surface area contributed by atoms with E-state index in [1.54, 1.807) is 42.7 Å². The van der Waals surface area contributed by atoms with E-state index in [-0.39, 0.29) is 11.7 Å². The lowest BCUT2D eigenvalue weighted by Crippen LogP contribution is -2.25. The van der Waals surface area contributed by atoms with E-state index in [1.165, 1.54) is 0 Å². The summed E-state index contributed by atoms with van der Waals surface area (Å²) in [6.45, 7) is 0.532. The SMILES string of the molecule is O=C(NCCc1cccc(O)c1)c1ccncc1. The van der Waals surface area contributed by atoms with E-state index in [1.807, 2.05) is 6.07 Å². The number of carbonyl (C=O) groups excluding carboxylic acids is 1. The van der Waals surface area contributed by atoms with Crippen LogP contribution in [-0.4, -0.2) is 22.5 Å². The molecule has 0 aliphatic carbocycles. The Balaban J connectivity index is 1.84. The zero-order valence-corrected chi connectivity index (χ0v) is 9.84. The number of aromatic hydroxyl groups is 1. The van der Waals surface area contributed by atoms with Crippen LogP contribution in [0.3, 0.4) is 0 Å². The lowest BCUT2D eigenvalue weighted by atomic mass is 10.1. The molecule has 2 N–H and O–H groups in total. The van der Waals surface area contributed by atoms with Gasteiger partial charge in [-0.05, 0) is 36.2 Å². The van der Waals surface area contributed by atoms with Crippen molar-refractivity contribution >= 4 is 5.91 Å². The van der Waals surface area contributed by atoms with Gasteiger partial charge in [0, 0.05) is 24.5 Å². The Hall–Kier alpha value is -2.36. The first-order valence-corrected chi connectivity index (χ1v) is 5.72. The lowest BCUT2D eigenvalue weighted by Gasteiger charge is -2.05. The molecule has 4 nitrogen and oxygen atoms in total. The van der Waals surface area contributed by atoms with Gasteiger partial charge in [0.05, 0.1) is 0 Å². The highest BCUT2D eigenvalue weighted by molar-refractivity contribution is 5.93. The molecule has 0 saturated heterocycles. The smallest absolute Gasteiger partial charge is 0.251 e. The molecule has 0 aliphatic rings. The van der Waals surface area contributed by atoms with E-state index in [2.05, 4.69) is 10.3 Å². The van der Waals surface area contributed by atoms with Crippen molar-refractivity contribution in [3.63, 3.8) is 0 Å². The summed E-state index contributed by atoms with van der Waals surface area (Å²) in [5.41, 5.74) is 1.59. The molecular formula is C14H14N2O2. The quantitative estimate of drug-likeness (QED) is 0.858. The summed E-state index contributed by atoms with van der Waals surface area (Å²) in [4.78, 5) is 15.6. The Morgan fingerprint density at radius 3 is 2.72 bits per heavy atom. The van der Waals surface area contributed by atoms with E-state index in [0.717, 1.165) is 5.56 Å². The Morgan fingerprint density at radius 1 is 1.22 bits per heavy atom. The second-order valence-electron chi connectivity index (χ2n) is 3.91. The maximum absolute atomic E-state index is 11.7. The molecule has 0 saturated carbocycles. The third-order valence-electron chi connectivity index (χ3n) is 2.55. The fraction of sp³-hybridized carbons (Fsp3) is 0.143. The predicted octanol–water partition coefficient (Wildman–Crippen LogP) is 1.76. The monoisotopic (exact) mass is 242 g/mol. The highest BCUT2D eigenvalue weighted by atomic mass is 16.3. The number of aromatic nitrogens is 1. The Kier molecular flexibility index (Phi) is 3.91. The number of nitrogens with one attached hydrogen (secondary N) is 1. The Morgan fingerprint density at radius 2 is 2.00 bits per heavy atom. The van der Waals surface area contributed by atoms with Crippen molar-refractivity contribution in [2.45, 2.75) is 6.42 Å². The molecule has 0 fully saturated rings. The van der Waals surface area contributed by atoms with Crippen molar-refractivity contribution in [1.29, 1.82) is 0 Å². The van der Waals surface area contributed by atoms with Gasteiger partial charge in [-0.15, -0.1) is 0 Å². The molecule has 1 amide bonds. The highest BCUT2D eigenvalue weighted by Crippen LogP contribution is 2.10. The summed E-state index contributed by atoms with van der Waals surface area (Å²) in [7, 11) is 0. The number of pyridine rings is 1. The van der Waals surface area contributed by atoms with Crippen LogP contribution in [-0.2, 0) is 6.42 Å². The van der Waals surface area contributed by atoms with E-state index < -0.39 is 0 Å².